The Morgan fingerprint density at radius 1 is 1.00 bits per heavy atom. The van der Waals surface area contributed by atoms with Crippen LogP contribution in [-0.4, -0.2) is 7.11 Å². The fourth-order valence-electron chi connectivity index (χ4n) is 1.48. The van der Waals surface area contributed by atoms with Crippen molar-refractivity contribution in [3.63, 3.8) is 0 Å². The van der Waals surface area contributed by atoms with Gasteiger partial charge >= 0.3 is 0 Å². The number of hydrogen-bond donors (Lipinski definition) is 0. The van der Waals surface area contributed by atoms with Crippen molar-refractivity contribution in [1.29, 1.82) is 0 Å². The van der Waals surface area contributed by atoms with E-state index in [2.05, 4.69) is 0 Å². The summed E-state index contributed by atoms with van der Waals surface area (Å²) < 4.78 is 23.6. The first kappa shape index (κ1) is 11.5. The number of hydrogen-bond acceptors (Lipinski definition) is 2. The summed E-state index contributed by atoms with van der Waals surface area (Å²) in [7, 11) is 1.60. The summed E-state index contributed by atoms with van der Waals surface area (Å²) in [6.45, 7) is 0.338. The molecule has 0 aliphatic rings. The Balaban J connectivity index is 2.02. The van der Waals surface area contributed by atoms with Gasteiger partial charge in [-0.3, -0.25) is 0 Å². The molecule has 0 spiro atoms. The Morgan fingerprint density at radius 3 is 2.53 bits per heavy atom. The average Bonchev–Trinajstić information content (AvgIpc) is 2.37. The van der Waals surface area contributed by atoms with Gasteiger partial charge in [-0.25, -0.2) is 4.39 Å². The van der Waals surface area contributed by atoms with Gasteiger partial charge in [-0.1, -0.05) is 18.2 Å². The Morgan fingerprint density at radius 2 is 1.76 bits per heavy atom. The Hall–Kier alpha value is -2.03. The number of ether oxygens (including phenoxy) is 2. The van der Waals surface area contributed by atoms with Crippen molar-refractivity contribution in [3.8, 4) is 11.5 Å². The SMILES string of the molecule is COc1cccc(OCc2cccc(F)c2)c1. The van der Waals surface area contributed by atoms with Crippen LogP contribution in [0.15, 0.2) is 48.5 Å². The normalized spacial score (nSPS) is 10.0. The van der Waals surface area contributed by atoms with Crippen LogP contribution in [0, 0.1) is 5.82 Å². The number of methoxy groups -OCH3 is 1. The summed E-state index contributed by atoms with van der Waals surface area (Å²) in [6, 6.07) is 13.7. The molecule has 0 heterocycles. The van der Waals surface area contributed by atoms with E-state index in [1.54, 1.807) is 19.2 Å². The van der Waals surface area contributed by atoms with Gasteiger partial charge in [0.1, 0.15) is 23.9 Å². The van der Waals surface area contributed by atoms with E-state index >= 15 is 0 Å². The lowest BCUT2D eigenvalue weighted by Crippen LogP contribution is -1.96. The van der Waals surface area contributed by atoms with Gasteiger partial charge in [-0.15, -0.1) is 0 Å². The van der Waals surface area contributed by atoms with Gasteiger partial charge < -0.3 is 9.47 Å². The third-order valence-corrected chi connectivity index (χ3v) is 2.34. The summed E-state index contributed by atoms with van der Waals surface area (Å²) >= 11 is 0. The van der Waals surface area contributed by atoms with Crippen LogP contribution >= 0.6 is 0 Å². The minimum absolute atomic E-state index is 0.253. The van der Waals surface area contributed by atoms with E-state index in [1.807, 2.05) is 24.3 Å². The van der Waals surface area contributed by atoms with E-state index in [0.29, 0.717) is 12.4 Å². The maximum absolute atomic E-state index is 12.9. The largest absolute Gasteiger partial charge is 0.497 e. The fourth-order valence-corrected chi connectivity index (χ4v) is 1.48. The highest BCUT2D eigenvalue weighted by atomic mass is 19.1. The quantitative estimate of drug-likeness (QED) is 0.804. The summed E-state index contributed by atoms with van der Waals surface area (Å²) in [5, 5.41) is 0. The van der Waals surface area contributed by atoms with Crippen molar-refractivity contribution in [2.24, 2.45) is 0 Å². The predicted molar refractivity (Wildman–Crippen MR) is 63.7 cm³/mol. The fraction of sp³-hybridized carbons (Fsp3) is 0.143. The van der Waals surface area contributed by atoms with Gasteiger partial charge in [0, 0.05) is 6.07 Å². The molecule has 0 saturated carbocycles. The minimum Gasteiger partial charge on any atom is -0.497 e. The molecule has 0 N–H and O–H groups in total. The summed E-state index contributed by atoms with van der Waals surface area (Å²) in [6.07, 6.45) is 0. The second-order valence-electron chi connectivity index (χ2n) is 3.60. The van der Waals surface area contributed by atoms with Crippen molar-refractivity contribution in [2.75, 3.05) is 7.11 Å². The summed E-state index contributed by atoms with van der Waals surface area (Å²) in [4.78, 5) is 0. The first-order chi connectivity index (χ1) is 8.28. The van der Waals surface area contributed by atoms with Crippen LogP contribution in [0.1, 0.15) is 5.56 Å². The zero-order valence-electron chi connectivity index (χ0n) is 9.52. The molecular formula is C14H13FO2. The molecule has 0 bridgehead atoms. The third kappa shape index (κ3) is 3.21. The molecule has 0 unspecified atom stereocenters. The van der Waals surface area contributed by atoms with Crippen molar-refractivity contribution < 1.29 is 13.9 Å². The molecule has 0 aromatic heterocycles. The van der Waals surface area contributed by atoms with Gasteiger partial charge in [-0.05, 0) is 29.8 Å². The number of benzene rings is 2. The first-order valence-corrected chi connectivity index (χ1v) is 5.29. The molecule has 0 aliphatic heterocycles. The third-order valence-electron chi connectivity index (χ3n) is 2.34. The van der Waals surface area contributed by atoms with Gasteiger partial charge in [0.2, 0.25) is 0 Å². The van der Waals surface area contributed by atoms with E-state index in [-0.39, 0.29) is 5.82 Å². The predicted octanol–water partition coefficient (Wildman–Crippen LogP) is 3.41. The maximum atomic E-state index is 12.9. The van der Waals surface area contributed by atoms with Crippen LogP contribution < -0.4 is 9.47 Å². The van der Waals surface area contributed by atoms with Crippen LogP contribution in [0.2, 0.25) is 0 Å². The highest BCUT2D eigenvalue weighted by molar-refractivity contribution is 5.33. The first-order valence-electron chi connectivity index (χ1n) is 5.29. The summed E-state index contributed by atoms with van der Waals surface area (Å²) in [5.41, 5.74) is 0.799. The van der Waals surface area contributed by atoms with E-state index in [9.17, 15) is 4.39 Å². The van der Waals surface area contributed by atoms with Gasteiger partial charge in [0.05, 0.1) is 7.11 Å². The molecule has 2 aromatic carbocycles. The van der Waals surface area contributed by atoms with Crippen LogP contribution in [0.3, 0.4) is 0 Å². The topological polar surface area (TPSA) is 18.5 Å². The Bertz CT molecular complexity index is 497. The van der Waals surface area contributed by atoms with Crippen molar-refractivity contribution in [2.45, 2.75) is 6.61 Å². The highest BCUT2D eigenvalue weighted by Gasteiger charge is 1.99. The molecule has 0 fully saturated rings. The second-order valence-corrected chi connectivity index (χ2v) is 3.60. The molecule has 17 heavy (non-hydrogen) atoms. The van der Waals surface area contributed by atoms with Crippen LogP contribution in [0.5, 0.6) is 11.5 Å². The van der Waals surface area contributed by atoms with Crippen molar-refractivity contribution in [1.82, 2.24) is 0 Å². The van der Waals surface area contributed by atoms with E-state index < -0.39 is 0 Å². The average molecular weight is 232 g/mol. The van der Waals surface area contributed by atoms with Crippen molar-refractivity contribution >= 4 is 0 Å². The van der Waals surface area contributed by atoms with Crippen molar-refractivity contribution in [3.05, 3.63) is 59.9 Å². The molecule has 0 saturated heterocycles. The molecule has 2 nitrogen and oxygen atoms in total. The van der Waals surface area contributed by atoms with E-state index in [0.717, 1.165) is 11.3 Å². The molecule has 3 heteroatoms. The maximum Gasteiger partial charge on any atom is 0.123 e. The lowest BCUT2D eigenvalue weighted by molar-refractivity contribution is 0.303. The summed E-state index contributed by atoms with van der Waals surface area (Å²) in [5.74, 6) is 1.19. The standard InChI is InChI=1S/C14H13FO2/c1-16-13-6-3-7-14(9-13)17-10-11-4-2-5-12(15)8-11/h2-9H,10H2,1H3. The Kier molecular flexibility index (Phi) is 3.60. The van der Waals surface area contributed by atoms with Gasteiger partial charge in [0.25, 0.3) is 0 Å². The number of halogens is 1. The van der Waals surface area contributed by atoms with Gasteiger partial charge in [0.15, 0.2) is 0 Å². The second kappa shape index (κ2) is 5.34. The smallest absolute Gasteiger partial charge is 0.123 e. The molecule has 2 rings (SSSR count). The van der Waals surface area contributed by atoms with Crippen LogP contribution in [-0.2, 0) is 6.61 Å². The van der Waals surface area contributed by atoms with E-state index in [4.69, 9.17) is 9.47 Å². The highest BCUT2D eigenvalue weighted by Crippen LogP contribution is 2.19. The molecular weight excluding hydrogens is 219 g/mol. The van der Waals surface area contributed by atoms with Crippen LogP contribution in [0.25, 0.3) is 0 Å². The zero-order chi connectivity index (χ0) is 12.1. The lowest BCUT2D eigenvalue weighted by Gasteiger charge is -2.07. The van der Waals surface area contributed by atoms with E-state index in [1.165, 1.54) is 12.1 Å². The van der Waals surface area contributed by atoms with Gasteiger partial charge in [-0.2, -0.15) is 0 Å². The minimum atomic E-state index is -0.253. The monoisotopic (exact) mass is 232 g/mol. The van der Waals surface area contributed by atoms with Crippen LogP contribution in [0.4, 0.5) is 4.39 Å². The number of rotatable bonds is 4. The molecule has 2 aromatic rings. The zero-order valence-corrected chi connectivity index (χ0v) is 9.52. The molecule has 0 amide bonds. The molecule has 88 valence electrons. The molecule has 0 atom stereocenters. The molecule has 0 aliphatic carbocycles. The lowest BCUT2D eigenvalue weighted by atomic mass is 10.2. The Labute approximate surface area is 99.6 Å². The molecule has 0 radical (unpaired) electrons.